The first-order chi connectivity index (χ1) is 7.71. The van der Waals surface area contributed by atoms with E-state index in [2.05, 4.69) is 5.43 Å². The number of hydrogen-bond donors (Lipinski definition) is 2. The number of sulfonamides is 1. The molecule has 0 bridgehead atoms. The number of nitrogens with one attached hydrogen (secondary N) is 1. The van der Waals surface area contributed by atoms with Gasteiger partial charge < -0.3 is 0 Å². The number of hydrogen-bond acceptors (Lipinski definition) is 4. The van der Waals surface area contributed by atoms with E-state index in [4.69, 9.17) is 16.7 Å². The van der Waals surface area contributed by atoms with Gasteiger partial charge in [-0.3, -0.25) is 10.2 Å². The maximum Gasteiger partial charge on any atom is 0.265 e. The molecular formula is C9H13Cl2N3O3S. The molecule has 0 heterocycles. The van der Waals surface area contributed by atoms with E-state index in [0.717, 1.165) is 6.07 Å². The lowest BCUT2D eigenvalue weighted by Gasteiger charge is -2.12. The molecule has 1 amide bonds. The summed E-state index contributed by atoms with van der Waals surface area (Å²) in [6.45, 7) is 0. The molecule has 102 valence electrons. The second-order valence-electron chi connectivity index (χ2n) is 3.53. The van der Waals surface area contributed by atoms with Crippen molar-refractivity contribution in [2.75, 3.05) is 14.1 Å². The number of rotatable bonds is 3. The second-order valence-corrected chi connectivity index (χ2v) is 5.46. The number of hydrazine groups is 1. The van der Waals surface area contributed by atoms with E-state index >= 15 is 0 Å². The number of amides is 1. The summed E-state index contributed by atoms with van der Waals surface area (Å²) in [4.78, 5) is 11.3. The molecule has 0 aliphatic heterocycles. The number of nitrogens with two attached hydrogens (primary N) is 1. The van der Waals surface area contributed by atoms with E-state index in [9.17, 15) is 13.2 Å². The third-order valence-corrected chi connectivity index (χ3v) is 3.22. The Morgan fingerprint density at radius 3 is 2.39 bits per heavy atom. The SMILES string of the molecule is CN(C)NC(=O)c1ccc(Cl)c(S(N)(=O)=O)c1.Cl. The summed E-state index contributed by atoms with van der Waals surface area (Å²) in [5.74, 6) is -0.448. The van der Waals surface area contributed by atoms with E-state index in [-0.39, 0.29) is 27.9 Å². The Bertz CT molecular complexity index is 546. The van der Waals surface area contributed by atoms with Gasteiger partial charge in [-0.2, -0.15) is 0 Å². The highest BCUT2D eigenvalue weighted by Crippen LogP contribution is 2.21. The molecule has 0 aromatic heterocycles. The third kappa shape index (κ3) is 4.43. The quantitative estimate of drug-likeness (QED) is 0.800. The third-order valence-electron chi connectivity index (χ3n) is 1.83. The lowest BCUT2D eigenvalue weighted by atomic mass is 10.2. The number of nitrogens with zero attached hydrogens (tertiary/aromatic N) is 1. The van der Waals surface area contributed by atoms with E-state index in [0.29, 0.717) is 0 Å². The van der Waals surface area contributed by atoms with Crippen LogP contribution in [0.1, 0.15) is 10.4 Å². The summed E-state index contributed by atoms with van der Waals surface area (Å²) in [7, 11) is -0.677. The largest absolute Gasteiger partial charge is 0.285 e. The van der Waals surface area contributed by atoms with Crippen LogP contribution >= 0.6 is 24.0 Å². The molecule has 1 rings (SSSR count). The minimum absolute atomic E-state index is 0. The van der Waals surface area contributed by atoms with E-state index < -0.39 is 15.9 Å². The maximum absolute atomic E-state index is 11.6. The van der Waals surface area contributed by atoms with Crippen molar-refractivity contribution >= 4 is 39.9 Å². The summed E-state index contributed by atoms with van der Waals surface area (Å²) in [5, 5.41) is 6.39. The normalized spacial score (nSPS) is 10.9. The Labute approximate surface area is 117 Å². The van der Waals surface area contributed by atoms with Gasteiger partial charge in [0.15, 0.2) is 0 Å². The predicted molar refractivity (Wildman–Crippen MR) is 71.2 cm³/mol. The molecule has 0 aliphatic carbocycles. The van der Waals surface area contributed by atoms with Crippen molar-refractivity contribution in [2.45, 2.75) is 4.90 Å². The fourth-order valence-corrected chi connectivity index (χ4v) is 2.20. The topological polar surface area (TPSA) is 92.5 Å². The minimum Gasteiger partial charge on any atom is -0.285 e. The average molecular weight is 314 g/mol. The minimum atomic E-state index is -3.94. The van der Waals surface area contributed by atoms with Crippen LogP contribution in [0.2, 0.25) is 5.02 Å². The molecule has 0 fully saturated rings. The first-order valence-electron chi connectivity index (χ1n) is 4.52. The Morgan fingerprint density at radius 1 is 1.39 bits per heavy atom. The summed E-state index contributed by atoms with van der Waals surface area (Å²) >= 11 is 5.69. The lowest BCUT2D eigenvalue weighted by Crippen LogP contribution is -2.36. The first-order valence-corrected chi connectivity index (χ1v) is 6.45. The Hall–Kier alpha value is -0.860. The van der Waals surface area contributed by atoms with Crippen molar-refractivity contribution in [3.05, 3.63) is 28.8 Å². The van der Waals surface area contributed by atoms with Gasteiger partial charge in [0.25, 0.3) is 5.91 Å². The molecule has 0 spiro atoms. The zero-order valence-corrected chi connectivity index (χ0v) is 12.1. The molecule has 3 N–H and O–H groups in total. The Morgan fingerprint density at radius 2 is 1.94 bits per heavy atom. The number of carbonyl (C=O) groups is 1. The molecule has 18 heavy (non-hydrogen) atoms. The van der Waals surface area contributed by atoms with Crippen LogP contribution in [0.4, 0.5) is 0 Å². The van der Waals surface area contributed by atoms with Crippen LogP contribution in [0.25, 0.3) is 0 Å². The van der Waals surface area contributed by atoms with Gasteiger partial charge in [-0.25, -0.2) is 18.6 Å². The molecule has 0 unspecified atom stereocenters. The highest BCUT2D eigenvalue weighted by atomic mass is 35.5. The number of halogens is 2. The molecule has 1 aromatic rings. The number of benzene rings is 1. The van der Waals surface area contributed by atoms with Gasteiger partial charge in [0.2, 0.25) is 10.0 Å². The van der Waals surface area contributed by atoms with Crippen LogP contribution in [0.15, 0.2) is 23.1 Å². The van der Waals surface area contributed by atoms with Crippen molar-refractivity contribution < 1.29 is 13.2 Å². The molecular weight excluding hydrogens is 301 g/mol. The standard InChI is InChI=1S/C9H12ClN3O3S.ClH/c1-13(2)12-9(14)6-3-4-7(10)8(5-6)17(11,15)16;/h3-5H,1-2H3,(H,12,14)(H2,11,15,16);1H. The van der Waals surface area contributed by atoms with Crippen LogP contribution in [0.3, 0.4) is 0 Å². The van der Waals surface area contributed by atoms with Crippen LogP contribution in [-0.4, -0.2) is 33.4 Å². The molecule has 0 saturated carbocycles. The van der Waals surface area contributed by atoms with E-state index in [1.807, 2.05) is 0 Å². The van der Waals surface area contributed by atoms with Crippen LogP contribution in [-0.2, 0) is 10.0 Å². The van der Waals surface area contributed by atoms with Gasteiger partial charge in [0.1, 0.15) is 4.90 Å². The molecule has 0 aliphatic rings. The van der Waals surface area contributed by atoms with Crippen LogP contribution in [0.5, 0.6) is 0 Å². The van der Waals surface area contributed by atoms with Crippen molar-refractivity contribution in [2.24, 2.45) is 5.14 Å². The highest BCUT2D eigenvalue weighted by Gasteiger charge is 2.16. The lowest BCUT2D eigenvalue weighted by molar-refractivity contribution is 0.0856. The second kappa shape index (κ2) is 6.35. The fourth-order valence-electron chi connectivity index (χ4n) is 1.13. The Balaban J connectivity index is 0.00000289. The van der Waals surface area contributed by atoms with Crippen LogP contribution in [0, 0.1) is 0 Å². The number of carbonyl (C=O) groups excluding carboxylic acids is 1. The zero-order chi connectivity index (χ0) is 13.2. The molecule has 1 aromatic carbocycles. The maximum atomic E-state index is 11.6. The average Bonchev–Trinajstić information content (AvgIpc) is 2.15. The van der Waals surface area contributed by atoms with Crippen molar-refractivity contribution in [3.63, 3.8) is 0 Å². The monoisotopic (exact) mass is 313 g/mol. The molecule has 6 nitrogen and oxygen atoms in total. The Kier molecular flexibility index (Phi) is 6.05. The van der Waals surface area contributed by atoms with Crippen molar-refractivity contribution in [3.8, 4) is 0 Å². The first kappa shape index (κ1) is 17.1. The summed E-state index contributed by atoms with van der Waals surface area (Å²) < 4.78 is 22.4. The van der Waals surface area contributed by atoms with E-state index in [1.165, 1.54) is 17.1 Å². The molecule has 0 saturated heterocycles. The summed E-state index contributed by atoms with van der Waals surface area (Å²) in [6, 6.07) is 3.86. The molecule has 0 atom stereocenters. The highest BCUT2D eigenvalue weighted by molar-refractivity contribution is 7.89. The molecule has 0 radical (unpaired) electrons. The van der Waals surface area contributed by atoms with Crippen molar-refractivity contribution in [1.29, 1.82) is 0 Å². The van der Waals surface area contributed by atoms with Gasteiger partial charge in [-0.15, -0.1) is 12.4 Å². The fraction of sp³-hybridized carbons (Fsp3) is 0.222. The van der Waals surface area contributed by atoms with Gasteiger partial charge in [-0.1, -0.05) is 11.6 Å². The molecule has 9 heteroatoms. The zero-order valence-electron chi connectivity index (χ0n) is 9.68. The van der Waals surface area contributed by atoms with E-state index in [1.54, 1.807) is 14.1 Å². The van der Waals surface area contributed by atoms with Gasteiger partial charge >= 0.3 is 0 Å². The van der Waals surface area contributed by atoms with Crippen molar-refractivity contribution in [1.82, 2.24) is 10.4 Å². The van der Waals surface area contributed by atoms with Gasteiger partial charge in [0.05, 0.1) is 5.02 Å². The summed E-state index contributed by atoms with van der Waals surface area (Å²) in [5.41, 5.74) is 2.63. The predicted octanol–water partition coefficient (Wildman–Crippen LogP) is 0.616. The summed E-state index contributed by atoms with van der Waals surface area (Å²) in [6.07, 6.45) is 0. The van der Waals surface area contributed by atoms with Crippen LogP contribution < -0.4 is 10.6 Å². The number of primary sulfonamides is 1. The smallest absolute Gasteiger partial charge is 0.265 e. The van der Waals surface area contributed by atoms with Gasteiger partial charge in [0, 0.05) is 19.7 Å². The van der Waals surface area contributed by atoms with Gasteiger partial charge in [-0.05, 0) is 18.2 Å².